The zero-order valence-corrected chi connectivity index (χ0v) is 10.4. The van der Waals surface area contributed by atoms with Gasteiger partial charge in [-0.3, -0.25) is 15.1 Å². The molecule has 0 atom stereocenters. The summed E-state index contributed by atoms with van der Waals surface area (Å²) in [6, 6.07) is 11.9. The molecule has 2 aromatic carbocycles. The number of non-ortho nitro benzene ring substituents is 1. The highest BCUT2D eigenvalue weighted by Gasteiger charge is 2.07. The Kier molecular flexibility index (Phi) is 3.56. The number of hydrogen-bond donors (Lipinski definition) is 1. The molecular weight excluding hydrogens is 242 g/mol. The quantitative estimate of drug-likeness (QED) is 0.395. The molecule has 2 rings (SSSR count). The lowest BCUT2D eigenvalue weighted by Crippen LogP contribution is -1.96. The lowest BCUT2D eigenvalue weighted by molar-refractivity contribution is -0.384. The van der Waals surface area contributed by atoms with Crippen molar-refractivity contribution < 1.29 is 4.92 Å². The van der Waals surface area contributed by atoms with Gasteiger partial charge >= 0.3 is 0 Å². The highest BCUT2D eigenvalue weighted by Crippen LogP contribution is 2.21. The standard InChI is InChI=1S/C14H13N3O2/c1-10-4-2-3-5-14(10)16-9-11-8-12(17(18)19)6-7-13(11)15/h2-9H,15H2,1H3. The van der Waals surface area contributed by atoms with Crippen molar-refractivity contribution in [1.29, 1.82) is 0 Å². The van der Waals surface area contributed by atoms with Gasteiger partial charge in [0.15, 0.2) is 0 Å². The summed E-state index contributed by atoms with van der Waals surface area (Å²) in [7, 11) is 0. The summed E-state index contributed by atoms with van der Waals surface area (Å²) in [5, 5.41) is 10.7. The molecule has 0 heterocycles. The maximum atomic E-state index is 10.7. The van der Waals surface area contributed by atoms with Gasteiger partial charge in [-0.2, -0.15) is 0 Å². The monoisotopic (exact) mass is 255 g/mol. The first-order valence-corrected chi connectivity index (χ1v) is 5.71. The molecule has 0 saturated heterocycles. The van der Waals surface area contributed by atoms with Gasteiger partial charge < -0.3 is 5.73 Å². The van der Waals surface area contributed by atoms with Gasteiger partial charge in [0.1, 0.15) is 0 Å². The van der Waals surface area contributed by atoms with E-state index in [1.807, 2.05) is 31.2 Å². The first-order chi connectivity index (χ1) is 9.08. The number of aryl methyl sites for hydroxylation is 1. The molecule has 0 unspecified atom stereocenters. The number of benzene rings is 2. The van der Waals surface area contributed by atoms with E-state index in [0.717, 1.165) is 11.3 Å². The van der Waals surface area contributed by atoms with Gasteiger partial charge in [0.05, 0.1) is 10.6 Å². The second kappa shape index (κ2) is 5.30. The molecule has 0 spiro atoms. The first kappa shape index (κ1) is 12.8. The van der Waals surface area contributed by atoms with Crippen LogP contribution in [0.15, 0.2) is 47.5 Å². The fourth-order valence-electron chi connectivity index (χ4n) is 1.63. The number of rotatable bonds is 3. The lowest BCUT2D eigenvalue weighted by Gasteiger charge is -2.01. The molecule has 19 heavy (non-hydrogen) atoms. The summed E-state index contributed by atoms with van der Waals surface area (Å²) in [4.78, 5) is 14.6. The minimum atomic E-state index is -0.454. The van der Waals surface area contributed by atoms with Crippen LogP contribution in [-0.2, 0) is 0 Å². The van der Waals surface area contributed by atoms with Gasteiger partial charge in [-0.15, -0.1) is 0 Å². The van der Waals surface area contributed by atoms with Crippen LogP contribution in [-0.4, -0.2) is 11.1 Å². The molecule has 0 bridgehead atoms. The van der Waals surface area contributed by atoms with Crippen LogP contribution in [0.5, 0.6) is 0 Å². The van der Waals surface area contributed by atoms with Crippen LogP contribution in [0.3, 0.4) is 0 Å². The summed E-state index contributed by atoms with van der Waals surface area (Å²) in [6.07, 6.45) is 1.55. The Balaban J connectivity index is 2.35. The van der Waals surface area contributed by atoms with E-state index in [1.54, 1.807) is 6.21 Å². The zero-order chi connectivity index (χ0) is 13.8. The zero-order valence-electron chi connectivity index (χ0n) is 10.4. The SMILES string of the molecule is Cc1ccccc1N=Cc1cc([N+](=O)[O-])ccc1N. The molecular formula is C14H13N3O2. The largest absolute Gasteiger partial charge is 0.398 e. The molecule has 0 saturated carbocycles. The van der Waals surface area contributed by atoms with E-state index in [0.29, 0.717) is 11.3 Å². The van der Waals surface area contributed by atoms with Gasteiger partial charge in [-0.1, -0.05) is 18.2 Å². The Morgan fingerprint density at radius 3 is 2.68 bits per heavy atom. The molecule has 2 aromatic rings. The summed E-state index contributed by atoms with van der Waals surface area (Å²) in [5.74, 6) is 0. The van der Waals surface area contributed by atoms with E-state index in [1.165, 1.54) is 18.2 Å². The van der Waals surface area contributed by atoms with Crippen molar-refractivity contribution in [3.8, 4) is 0 Å². The number of aliphatic imine (C=N–C) groups is 1. The Morgan fingerprint density at radius 2 is 2.00 bits per heavy atom. The topological polar surface area (TPSA) is 81.5 Å². The van der Waals surface area contributed by atoms with Crippen LogP contribution in [0, 0.1) is 17.0 Å². The van der Waals surface area contributed by atoms with Crippen LogP contribution in [0.25, 0.3) is 0 Å². The van der Waals surface area contributed by atoms with Crippen LogP contribution < -0.4 is 5.73 Å². The van der Waals surface area contributed by atoms with Crippen LogP contribution in [0.4, 0.5) is 17.1 Å². The summed E-state index contributed by atoms with van der Waals surface area (Å²) < 4.78 is 0. The normalized spacial score (nSPS) is 10.8. The first-order valence-electron chi connectivity index (χ1n) is 5.71. The molecule has 0 aliphatic heterocycles. The number of anilines is 1. The van der Waals surface area contributed by atoms with Crippen molar-refractivity contribution in [3.05, 3.63) is 63.7 Å². The molecule has 2 N–H and O–H groups in total. The number of nitrogens with two attached hydrogens (primary N) is 1. The molecule has 0 aliphatic rings. The molecule has 0 radical (unpaired) electrons. The van der Waals surface area contributed by atoms with E-state index >= 15 is 0 Å². The molecule has 5 nitrogen and oxygen atoms in total. The number of para-hydroxylation sites is 1. The second-order valence-electron chi connectivity index (χ2n) is 4.12. The van der Waals surface area contributed by atoms with Crippen LogP contribution in [0.2, 0.25) is 0 Å². The fourth-order valence-corrected chi connectivity index (χ4v) is 1.63. The van der Waals surface area contributed by atoms with Crippen molar-refractivity contribution in [2.45, 2.75) is 6.92 Å². The lowest BCUT2D eigenvalue weighted by atomic mass is 10.1. The molecule has 0 aliphatic carbocycles. The van der Waals surface area contributed by atoms with E-state index in [9.17, 15) is 10.1 Å². The summed E-state index contributed by atoms with van der Waals surface area (Å²) in [5.41, 5.74) is 8.62. The van der Waals surface area contributed by atoms with Crippen molar-refractivity contribution in [2.24, 2.45) is 4.99 Å². The van der Waals surface area contributed by atoms with E-state index in [-0.39, 0.29) is 5.69 Å². The van der Waals surface area contributed by atoms with Gasteiger partial charge in [-0.05, 0) is 24.6 Å². The predicted molar refractivity (Wildman–Crippen MR) is 75.9 cm³/mol. The number of nitrogens with zero attached hydrogens (tertiary/aromatic N) is 2. The fraction of sp³-hybridized carbons (Fsp3) is 0.0714. The average Bonchev–Trinajstić information content (AvgIpc) is 2.39. The number of hydrogen-bond acceptors (Lipinski definition) is 4. The minimum absolute atomic E-state index is 0.000401. The van der Waals surface area contributed by atoms with Crippen molar-refractivity contribution in [3.63, 3.8) is 0 Å². The van der Waals surface area contributed by atoms with E-state index < -0.39 is 4.92 Å². The molecule has 5 heteroatoms. The molecule has 0 aromatic heterocycles. The van der Waals surface area contributed by atoms with Gasteiger partial charge in [0.25, 0.3) is 5.69 Å². The third-order valence-electron chi connectivity index (χ3n) is 2.74. The predicted octanol–water partition coefficient (Wildman–Crippen LogP) is 3.24. The molecule has 0 amide bonds. The van der Waals surface area contributed by atoms with Crippen molar-refractivity contribution in [2.75, 3.05) is 5.73 Å². The van der Waals surface area contributed by atoms with Crippen molar-refractivity contribution >= 4 is 23.3 Å². The van der Waals surface area contributed by atoms with E-state index in [2.05, 4.69) is 4.99 Å². The highest BCUT2D eigenvalue weighted by molar-refractivity contribution is 5.89. The third-order valence-corrected chi connectivity index (χ3v) is 2.74. The second-order valence-corrected chi connectivity index (χ2v) is 4.12. The maximum absolute atomic E-state index is 10.7. The van der Waals surface area contributed by atoms with Gasteiger partial charge in [0, 0.05) is 29.6 Å². The molecule has 96 valence electrons. The average molecular weight is 255 g/mol. The Bertz CT molecular complexity index is 651. The Hall–Kier alpha value is -2.69. The number of nitrogen functional groups attached to an aromatic ring is 1. The maximum Gasteiger partial charge on any atom is 0.270 e. The minimum Gasteiger partial charge on any atom is -0.398 e. The highest BCUT2D eigenvalue weighted by atomic mass is 16.6. The smallest absolute Gasteiger partial charge is 0.270 e. The third kappa shape index (κ3) is 2.95. The van der Waals surface area contributed by atoms with Gasteiger partial charge in [-0.25, -0.2) is 0 Å². The van der Waals surface area contributed by atoms with Crippen molar-refractivity contribution in [1.82, 2.24) is 0 Å². The number of nitro groups is 1. The van der Waals surface area contributed by atoms with Crippen LogP contribution >= 0.6 is 0 Å². The Morgan fingerprint density at radius 1 is 1.26 bits per heavy atom. The summed E-state index contributed by atoms with van der Waals surface area (Å²) >= 11 is 0. The van der Waals surface area contributed by atoms with E-state index in [4.69, 9.17) is 5.73 Å². The van der Waals surface area contributed by atoms with Gasteiger partial charge in [0.2, 0.25) is 0 Å². The Labute approximate surface area is 110 Å². The van der Waals surface area contributed by atoms with Crippen LogP contribution in [0.1, 0.15) is 11.1 Å². The molecule has 0 fully saturated rings. The number of nitro benzene ring substituents is 1. The summed E-state index contributed by atoms with van der Waals surface area (Å²) in [6.45, 7) is 1.95.